The minimum atomic E-state index is 0.251. The van der Waals surface area contributed by atoms with Crippen LogP contribution >= 0.6 is 11.6 Å². The summed E-state index contributed by atoms with van der Waals surface area (Å²) in [6.07, 6.45) is 4.37. The van der Waals surface area contributed by atoms with Gasteiger partial charge in [-0.25, -0.2) is 0 Å². The Balaban J connectivity index is 1.53. The van der Waals surface area contributed by atoms with Gasteiger partial charge in [-0.1, -0.05) is 23.7 Å². The van der Waals surface area contributed by atoms with E-state index in [4.69, 9.17) is 11.6 Å². The largest absolute Gasteiger partial charge is 0.507 e. The summed E-state index contributed by atoms with van der Waals surface area (Å²) in [5.41, 5.74) is 2.66. The first-order valence-electron chi connectivity index (χ1n) is 7.80. The quantitative estimate of drug-likeness (QED) is 0.513. The number of hydrogen-bond acceptors (Lipinski definition) is 4. The summed E-state index contributed by atoms with van der Waals surface area (Å²) in [5.74, 6) is 0.251. The Morgan fingerprint density at radius 1 is 1.17 bits per heavy atom. The summed E-state index contributed by atoms with van der Waals surface area (Å²) in [5, 5.41) is 14.8. The zero-order valence-corrected chi connectivity index (χ0v) is 13.9. The Bertz CT molecular complexity index is 864. The molecule has 0 atom stereocenters. The molecule has 0 aliphatic carbocycles. The molecule has 0 bridgehead atoms. The van der Waals surface area contributed by atoms with E-state index in [1.807, 2.05) is 36.4 Å². The van der Waals surface area contributed by atoms with Crippen LogP contribution in [0, 0.1) is 0 Å². The summed E-state index contributed by atoms with van der Waals surface area (Å²) in [7, 11) is 0. The lowest BCUT2D eigenvalue weighted by Crippen LogP contribution is -2.03. The normalized spacial score (nSPS) is 11.2. The average Bonchev–Trinajstić information content (AvgIpc) is 2.59. The molecule has 0 saturated carbocycles. The number of hydrogen-bond donors (Lipinski definition) is 2. The minimum absolute atomic E-state index is 0.251. The number of nitrogens with zero attached hydrogens (tertiary/aromatic N) is 2. The van der Waals surface area contributed by atoms with Gasteiger partial charge in [-0.2, -0.15) is 0 Å². The van der Waals surface area contributed by atoms with Gasteiger partial charge < -0.3 is 10.4 Å². The topological polar surface area (TPSA) is 57.5 Å². The van der Waals surface area contributed by atoms with Crippen LogP contribution in [-0.4, -0.2) is 29.4 Å². The molecular weight excluding hydrogens is 322 g/mol. The lowest BCUT2D eigenvalue weighted by atomic mass is 10.2. The van der Waals surface area contributed by atoms with Crippen molar-refractivity contribution in [2.75, 3.05) is 18.4 Å². The van der Waals surface area contributed by atoms with Crippen LogP contribution in [0.4, 0.5) is 5.69 Å². The molecule has 0 aliphatic rings. The van der Waals surface area contributed by atoms with Gasteiger partial charge in [0.05, 0.1) is 5.52 Å². The number of fused-ring (bicyclic) bond motifs is 1. The summed E-state index contributed by atoms with van der Waals surface area (Å²) in [6, 6.07) is 14.8. The number of aliphatic imine (C=N–C) groups is 1. The van der Waals surface area contributed by atoms with E-state index in [1.54, 1.807) is 24.5 Å². The number of nitrogens with one attached hydrogen (secondary N) is 1. The van der Waals surface area contributed by atoms with Gasteiger partial charge in [0.25, 0.3) is 0 Å². The third kappa shape index (κ3) is 4.03. The highest BCUT2D eigenvalue weighted by atomic mass is 35.5. The van der Waals surface area contributed by atoms with Crippen molar-refractivity contribution in [1.82, 2.24) is 4.98 Å². The molecule has 2 aromatic carbocycles. The highest BCUT2D eigenvalue weighted by Crippen LogP contribution is 2.24. The van der Waals surface area contributed by atoms with Crippen molar-refractivity contribution in [3.8, 4) is 5.75 Å². The summed E-state index contributed by atoms with van der Waals surface area (Å²) < 4.78 is 0. The first-order chi connectivity index (χ1) is 11.7. The van der Waals surface area contributed by atoms with Crippen LogP contribution in [0.25, 0.3) is 10.9 Å². The van der Waals surface area contributed by atoms with Gasteiger partial charge in [-0.15, -0.1) is 0 Å². The number of pyridine rings is 1. The van der Waals surface area contributed by atoms with Crippen molar-refractivity contribution in [1.29, 1.82) is 0 Å². The maximum atomic E-state index is 9.66. The van der Waals surface area contributed by atoms with E-state index in [-0.39, 0.29) is 5.75 Å². The van der Waals surface area contributed by atoms with E-state index >= 15 is 0 Å². The molecule has 0 saturated heterocycles. The molecule has 24 heavy (non-hydrogen) atoms. The lowest BCUT2D eigenvalue weighted by Gasteiger charge is -2.08. The number of rotatable bonds is 6. The number of phenols is 1. The van der Waals surface area contributed by atoms with Crippen molar-refractivity contribution in [3.63, 3.8) is 0 Å². The maximum Gasteiger partial charge on any atom is 0.124 e. The minimum Gasteiger partial charge on any atom is -0.507 e. The van der Waals surface area contributed by atoms with Crippen molar-refractivity contribution in [2.45, 2.75) is 6.42 Å². The van der Waals surface area contributed by atoms with E-state index in [0.29, 0.717) is 11.6 Å². The monoisotopic (exact) mass is 339 g/mol. The van der Waals surface area contributed by atoms with E-state index < -0.39 is 0 Å². The maximum absolute atomic E-state index is 9.66. The summed E-state index contributed by atoms with van der Waals surface area (Å²) in [6.45, 7) is 1.50. The number of aromatic hydroxyl groups is 1. The number of para-hydroxylation sites is 1. The van der Waals surface area contributed by atoms with Crippen LogP contribution in [0.5, 0.6) is 5.75 Å². The Morgan fingerprint density at radius 3 is 2.92 bits per heavy atom. The van der Waals surface area contributed by atoms with Gasteiger partial charge in [0.2, 0.25) is 0 Å². The first kappa shape index (κ1) is 16.3. The Labute approximate surface area is 145 Å². The van der Waals surface area contributed by atoms with Crippen LogP contribution < -0.4 is 5.32 Å². The summed E-state index contributed by atoms with van der Waals surface area (Å²) >= 11 is 6.00. The van der Waals surface area contributed by atoms with E-state index in [1.165, 1.54) is 0 Å². The zero-order valence-electron chi connectivity index (χ0n) is 13.1. The molecule has 0 spiro atoms. The van der Waals surface area contributed by atoms with E-state index in [9.17, 15) is 5.11 Å². The molecule has 0 fully saturated rings. The van der Waals surface area contributed by atoms with Crippen LogP contribution in [0.3, 0.4) is 0 Å². The molecule has 0 radical (unpaired) electrons. The van der Waals surface area contributed by atoms with Crippen molar-refractivity contribution in [3.05, 3.63) is 65.3 Å². The van der Waals surface area contributed by atoms with Gasteiger partial charge in [0, 0.05) is 47.2 Å². The van der Waals surface area contributed by atoms with Crippen LogP contribution in [0.2, 0.25) is 5.02 Å². The van der Waals surface area contributed by atoms with E-state index in [0.717, 1.165) is 35.1 Å². The molecule has 0 amide bonds. The third-order valence-corrected chi connectivity index (χ3v) is 3.89. The molecule has 3 rings (SSSR count). The number of phenolic OH excluding ortho intramolecular Hbond substituents is 1. The fraction of sp³-hybridized carbons (Fsp3) is 0.158. The molecule has 3 aromatic rings. The Kier molecular flexibility index (Phi) is 5.29. The van der Waals surface area contributed by atoms with Crippen molar-refractivity contribution < 1.29 is 5.11 Å². The van der Waals surface area contributed by atoms with Crippen LogP contribution in [-0.2, 0) is 0 Å². The molecule has 0 unspecified atom stereocenters. The van der Waals surface area contributed by atoms with Crippen LogP contribution in [0.1, 0.15) is 12.0 Å². The number of halogens is 1. The standard InChI is InChI=1S/C19H18ClN3O/c20-15-6-7-16-17(8-11-23-18(16)12-15)22-10-3-9-21-13-14-4-1-2-5-19(14)24/h1-2,4-8,11-13,24H,3,9-10H2,(H,22,23). The first-order valence-corrected chi connectivity index (χ1v) is 8.18. The van der Waals surface area contributed by atoms with Gasteiger partial charge in [0.15, 0.2) is 0 Å². The number of anilines is 1. The molecule has 1 aromatic heterocycles. The Hall–Kier alpha value is -2.59. The molecule has 4 nitrogen and oxygen atoms in total. The van der Waals surface area contributed by atoms with Gasteiger partial charge in [-0.05, 0) is 42.8 Å². The number of benzene rings is 2. The molecule has 0 aliphatic heterocycles. The predicted octanol–water partition coefficient (Wildman–Crippen LogP) is 4.51. The van der Waals surface area contributed by atoms with Gasteiger partial charge in [-0.3, -0.25) is 9.98 Å². The number of aromatic nitrogens is 1. The fourth-order valence-corrected chi connectivity index (χ4v) is 2.59. The van der Waals surface area contributed by atoms with Crippen LogP contribution in [0.15, 0.2) is 59.7 Å². The molecule has 1 heterocycles. The van der Waals surface area contributed by atoms with E-state index in [2.05, 4.69) is 15.3 Å². The highest BCUT2D eigenvalue weighted by molar-refractivity contribution is 6.31. The van der Waals surface area contributed by atoms with Gasteiger partial charge in [0.1, 0.15) is 5.75 Å². The molecule has 2 N–H and O–H groups in total. The molecule has 122 valence electrons. The predicted molar refractivity (Wildman–Crippen MR) is 100 cm³/mol. The van der Waals surface area contributed by atoms with Gasteiger partial charge >= 0.3 is 0 Å². The SMILES string of the molecule is Oc1ccccc1C=NCCCNc1ccnc2cc(Cl)ccc12. The van der Waals surface area contributed by atoms with Crippen molar-refractivity contribution >= 4 is 34.4 Å². The lowest BCUT2D eigenvalue weighted by molar-refractivity contribution is 0.474. The van der Waals surface area contributed by atoms with Crippen molar-refractivity contribution in [2.24, 2.45) is 4.99 Å². The average molecular weight is 340 g/mol. The zero-order chi connectivity index (χ0) is 16.8. The third-order valence-electron chi connectivity index (χ3n) is 3.65. The second-order valence-electron chi connectivity index (χ2n) is 5.39. The Morgan fingerprint density at radius 2 is 2.04 bits per heavy atom. The second-order valence-corrected chi connectivity index (χ2v) is 5.83. The molecule has 5 heteroatoms. The second kappa shape index (κ2) is 7.79. The smallest absolute Gasteiger partial charge is 0.124 e. The highest BCUT2D eigenvalue weighted by Gasteiger charge is 2.02. The molecular formula is C19H18ClN3O. The summed E-state index contributed by atoms with van der Waals surface area (Å²) in [4.78, 5) is 8.68. The fourth-order valence-electron chi connectivity index (χ4n) is 2.43.